The van der Waals surface area contributed by atoms with Gasteiger partial charge in [0.1, 0.15) is 0 Å². The summed E-state index contributed by atoms with van der Waals surface area (Å²) in [5.74, 6) is 0.702. The number of thioether (sulfide) groups is 1. The van der Waals surface area contributed by atoms with Gasteiger partial charge in [-0.25, -0.2) is 0 Å². The van der Waals surface area contributed by atoms with Gasteiger partial charge in [0.25, 0.3) is 0 Å². The van der Waals surface area contributed by atoms with Gasteiger partial charge in [0, 0.05) is 26.0 Å². The highest BCUT2D eigenvalue weighted by Crippen LogP contribution is 2.12. The molecule has 1 unspecified atom stereocenters. The summed E-state index contributed by atoms with van der Waals surface area (Å²) in [7, 11) is 3.29. The van der Waals surface area contributed by atoms with Crippen LogP contribution >= 0.6 is 11.8 Å². The highest BCUT2D eigenvalue weighted by molar-refractivity contribution is 7.99. The third-order valence-electron chi connectivity index (χ3n) is 2.22. The van der Waals surface area contributed by atoms with Gasteiger partial charge in [-0.05, 0) is 6.54 Å². The number of ether oxygens (including phenoxy) is 1. The first-order valence-electron chi connectivity index (χ1n) is 5.61. The number of hydrogen-bond donors (Lipinski definition) is 2. The molecule has 0 aliphatic heterocycles. The maximum Gasteiger partial charge on any atom is 0.339 e. The van der Waals surface area contributed by atoms with Crippen LogP contribution in [0.4, 0.5) is 0 Å². The Kier molecular flexibility index (Phi) is 6.10. The molecule has 0 amide bonds. The lowest BCUT2D eigenvalue weighted by atomic mass is 10.3. The van der Waals surface area contributed by atoms with Gasteiger partial charge >= 0.3 is 11.1 Å². The minimum atomic E-state index is -0.762. The Hall–Kier alpha value is -1.12. The van der Waals surface area contributed by atoms with Gasteiger partial charge in [-0.15, -0.1) is 0 Å². The van der Waals surface area contributed by atoms with E-state index in [1.807, 2.05) is 6.92 Å². The van der Waals surface area contributed by atoms with E-state index in [0.717, 1.165) is 6.54 Å². The van der Waals surface area contributed by atoms with Crippen molar-refractivity contribution in [2.75, 3.05) is 26.0 Å². The third-order valence-corrected chi connectivity index (χ3v) is 3.41. The van der Waals surface area contributed by atoms with E-state index in [0.29, 0.717) is 17.5 Å². The molecule has 1 rings (SSSR count). The summed E-state index contributed by atoms with van der Waals surface area (Å²) in [5, 5.41) is 6.16. The highest BCUT2D eigenvalue weighted by atomic mass is 32.2. The van der Waals surface area contributed by atoms with E-state index in [1.165, 1.54) is 16.4 Å². The molecule has 8 heteroatoms. The minimum absolute atomic E-state index is 0.175. The van der Waals surface area contributed by atoms with Crippen molar-refractivity contribution in [2.45, 2.75) is 18.1 Å². The molecule has 102 valence electrons. The molecule has 1 aromatic heterocycles. The number of rotatable bonds is 7. The Morgan fingerprint density at radius 3 is 2.89 bits per heavy atom. The number of nitrogens with zero attached hydrogens (tertiary/aromatic N) is 2. The van der Waals surface area contributed by atoms with Gasteiger partial charge in [-0.3, -0.25) is 19.4 Å². The van der Waals surface area contributed by atoms with Crippen LogP contribution in [0.25, 0.3) is 0 Å². The predicted molar refractivity (Wildman–Crippen MR) is 70.2 cm³/mol. The Morgan fingerprint density at radius 2 is 2.28 bits per heavy atom. The van der Waals surface area contributed by atoms with Crippen LogP contribution in [0.15, 0.2) is 14.7 Å². The molecule has 1 heterocycles. The van der Waals surface area contributed by atoms with Crippen LogP contribution in [0, 0.1) is 0 Å². The summed E-state index contributed by atoms with van der Waals surface area (Å²) in [6.07, 6.45) is 0. The Morgan fingerprint density at radius 1 is 1.56 bits per heavy atom. The van der Waals surface area contributed by atoms with E-state index in [2.05, 4.69) is 15.4 Å². The number of aromatic amines is 1. The zero-order valence-electron chi connectivity index (χ0n) is 10.7. The highest BCUT2D eigenvalue weighted by Gasteiger charge is 2.10. The fraction of sp³-hybridized carbons (Fsp3) is 0.700. The number of likely N-dealkylation sites (N-methyl/N-ethyl adjacent to an activating group) is 1. The van der Waals surface area contributed by atoms with Crippen molar-refractivity contribution in [3.05, 3.63) is 20.7 Å². The average molecular weight is 274 g/mol. The van der Waals surface area contributed by atoms with Crippen molar-refractivity contribution in [3.63, 3.8) is 0 Å². The van der Waals surface area contributed by atoms with Crippen LogP contribution in [-0.2, 0) is 11.8 Å². The van der Waals surface area contributed by atoms with Crippen LogP contribution in [-0.4, -0.2) is 46.8 Å². The summed E-state index contributed by atoms with van der Waals surface area (Å²) in [6, 6.07) is 0.175. The summed E-state index contributed by atoms with van der Waals surface area (Å²) in [5.41, 5.74) is -1.47. The van der Waals surface area contributed by atoms with Crippen LogP contribution in [0.2, 0.25) is 0 Å². The van der Waals surface area contributed by atoms with Crippen molar-refractivity contribution < 1.29 is 4.74 Å². The molecule has 0 aliphatic carbocycles. The Bertz CT molecular complexity index is 479. The maximum absolute atomic E-state index is 11.2. The van der Waals surface area contributed by atoms with Crippen molar-refractivity contribution in [2.24, 2.45) is 7.05 Å². The average Bonchev–Trinajstić information content (AvgIpc) is 2.32. The molecule has 7 nitrogen and oxygen atoms in total. The largest absolute Gasteiger partial charge is 0.383 e. The molecule has 0 fully saturated rings. The smallest absolute Gasteiger partial charge is 0.339 e. The zero-order valence-corrected chi connectivity index (χ0v) is 11.5. The van der Waals surface area contributed by atoms with E-state index in [1.54, 1.807) is 14.2 Å². The summed E-state index contributed by atoms with van der Waals surface area (Å²) in [6.45, 7) is 3.44. The van der Waals surface area contributed by atoms with Crippen molar-refractivity contribution in [1.29, 1.82) is 0 Å². The Balaban J connectivity index is 2.69. The lowest BCUT2D eigenvalue weighted by molar-refractivity contribution is 0.174. The molecule has 0 spiro atoms. The quantitative estimate of drug-likeness (QED) is 0.499. The summed E-state index contributed by atoms with van der Waals surface area (Å²) in [4.78, 5) is 25.9. The molecule has 0 saturated carbocycles. The zero-order chi connectivity index (χ0) is 13.5. The molecular formula is C10H18N4O3S. The normalized spacial score (nSPS) is 12.6. The van der Waals surface area contributed by atoms with E-state index >= 15 is 0 Å². The monoisotopic (exact) mass is 274 g/mol. The van der Waals surface area contributed by atoms with E-state index in [9.17, 15) is 9.59 Å². The molecule has 0 aliphatic rings. The van der Waals surface area contributed by atoms with Crippen LogP contribution in [0.3, 0.4) is 0 Å². The SMILES string of the molecule is CCNC(COC)CSc1nc(=O)c(=O)[nH]n1C. The number of aryl methyl sites for hydroxylation is 1. The fourth-order valence-corrected chi connectivity index (χ4v) is 2.37. The molecule has 0 bridgehead atoms. The van der Waals surface area contributed by atoms with Gasteiger partial charge in [-0.1, -0.05) is 18.7 Å². The molecule has 0 aromatic carbocycles. The molecule has 0 radical (unpaired) electrons. The fourth-order valence-electron chi connectivity index (χ4n) is 1.42. The first-order chi connectivity index (χ1) is 8.58. The first-order valence-corrected chi connectivity index (χ1v) is 6.59. The number of hydrogen-bond acceptors (Lipinski definition) is 6. The number of nitrogens with one attached hydrogen (secondary N) is 2. The molecule has 0 saturated heterocycles. The number of aromatic nitrogens is 3. The molecule has 1 aromatic rings. The standard InChI is InChI=1S/C10H18N4O3S/c1-4-11-7(5-17-3)6-18-10-12-8(15)9(16)13-14(10)2/h7,11H,4-6H2,1-3H3,(H,13,16). The van der Waals surface area contributed by atoms with Gasteiger partial charge in [-0.2, -0.15) is 4.98 Å². The number of methoxy groups -OCH3 is 1. The molecule has 2 N–H and O–H groups in total. The lowest BCUT2D eigenvalue weighted by Gasteiger charge is -2.16. The second-order valence-electron chi connectivity index (χ2n) is 3.72. The molecular weight excluding hydrogens is 256 g/mol. The van der Waals surface area contributed by atoms with E-state index in [-0.39, 0.29) is 6.04 Å². The topological polar surface area (TPSA) is 89.0 Å². The van der Waals surface area contributed by atoms with Crippen LogP contribution in [0.5, 0.6) is 0 Å². The maximum atomic E-state index is 11.2. The first kappa shape index (κ1) is 14.9. The molecule has 18 heavy (non-hydrogen) atoms. The summed E-state index contributed by atoms with van der Waals surface area (Å²) >= 11 is 1.40. The summed E-state index contributed by atoms with van der Waals surface area (Å²) < 4.78 is 6.54. The Labute approximate surface area is 109 Å². The van der Waals surface area contributed by atoms with E-state index in [4.69, 9.17) is 4.74 Å². The molecule has 1 atom stereocenters. The predicted octanol–water partition coefficient (Wildman–Crippen LogP) is -0.815. The van der Waals surface area contributed by atoms with Gasteiger partial charge in [0.15, 0.2) is 5.16 Å². The number of H-pyrrole nitrogens is 1. The van der Waals surface area contributed by atoms with E-state index < -0.39 is 11.1 Å². The minimum Gasteiger partial charge on any atom is -0.383 e. The lowest BCUT2D eigenvalue weighted by Crippen LogP contribution is -2.36. The second kappa shape index (κ2) is 7.34. The van der Waals surface area contributed by atoms with Gasteiger partial charge in [0.2, 0.25) is 0 Å². The van der Waals surface area contributed by atoms with Crippen molar-refractivity contribution >= 4 is 11.8 Å². The van der Waals surface area contributed by atoms with Crippen molar-refractivity contribution in [3.8, 4) is 0 Å². The van der Waals surface area contributed by atoms with Gasteiger partial charge in [0.05, 0.1) is 6.61 Å². The van der Waals surface area contributed by atoms with Crippen molar-refractivity contribution in [1.82, 2.24) is 20.1 Å². The van der Waals surface area contributed by atoms with Crippen LogP contribution < -0.4 is 16.4 Å². The third kappa shape index (κ3) is 4.28. The second-order valence-corrected chi connectivity index (χ2v) is 4.71. The van der Waals surface area contributed by atoms with Crippen LogP contribution in [0.1, 0.15) is 6.92 Å². The van der Waals surface area contributed by atoms with Gasteiger partial charge < -0.3 is 10.1 Å².